The minimum atomic E-state index is -1.02. The molecule has 250 valence electrons. The van der Waals surface area contributed by atoms with Crippen molar-refractivity contribution in [1.82, 2.24) is 20.3 Å². The summed E-state index contributed by atoms with van der Waals surface area (Å²) >= 11 is 0. The topological polar surface area (TPSA) is 140 Å². The van der Waals surface area contributed by atoms with Gasteiger partial charge in [-0.05, 0) is 52.7 Å². The molecule has 0 saturated carbocycles. The number of rotatable bonds is 11. The van der Waals surface area contributed by atoms with Crippen LogP contribution in [0.15, 0.2) is 42.5 Å². The number of benzene rings is 1. The lowest BCUT2D eigenvalue weighted by atomic mass is 10.1. The number of hydroxylamine groups is 2. The molecule has 1 N–H and O–H groups in total. The van der Waals surface area contributed by atoms with E-state index < -0.39 is 29.7 Å². The normalized spacial score (nSPS) is 17.7. The fourth-order valence-corrected chi connectivity index (χ4v) is 5.34. The molecular weight excluding hydrogens is 594 g/mol. The summed E-state index contributed by atoms with van der Waals surface area (Å²) in [6, 6.07) is 12.2. The number of methoxy groups -OCH3 is 1. The van der Waals surface area contributed by atoms with Crippen molar-refractivity contribution < 1.29 is 38.2 Å². The van der Waals surface area contributed by atoms with E-state index in [1.54, 1.807) is 45.8 Å². The Bertz CT molecular complexity index is 1360. The molecule has 1 aromatic heterocycles. The van der Waals surface area contributed by atoms with Crippen LogP contribution in [-0.4, -0.2) is 110 Å². The van der Waals surface area contributed by atoms with E-state index in [0.717, 1.165) is 24.2 Å². The molecule has 13 heteroatoms. The maximum absolute atomic E-state index is 13.8. The maximum atomic E-state index is 13.8. The highest BCUT2D eigenvalue weighted by Gasteiger charge is 2.32. The third-order valence-corrected chi connectivity index (χ3v) is 7.63. The van der Waals surface area contributed by atoms with Crippen LogP contribution in [0.3, 0.4) is 0 Å². The van der Waals surface area contributed by atoms with Gasteiger partial charge in [0.15, 0.2) is 0 Å². The smallest absolute Gasteiger partial charge is 0.460 e. The maximum Gasteiger partial charge on any atom is 0.527 e. The Kier molecular flexibility index (Phi) is 11.9. The van der Waals surface area contributed by atoms with E-state index in [9.17, 15) is 19.2 Å². The molecule has 1 aromatic carbocycles. The average Bonchev–Trinajstić information content (AvgIpc) is 3.52. The zero-order valence-electron chi connectivity index (χ0n) is 27.3. The molecule has 0 aliphatic carbocycles. The number of hydrogen-bond acceptors (Lipinski definition) is 11. The van der Waals surface area contributed by atoms with Gasteiger partial charge >= 0.3 is 12.1 Å². The predicted octanol–water partition coefficient (Wildman–Crippen LogP) is 3.43. The van der Waals surface area contributed by atoms with E-state index in [1.807, 2.05) is 36.4 Å². The summed E-state index contributed by atoms with van der Waals surface area (Å²) in [7, 11) is 1.69. The van der Waals surface area contributed by atoms with Crippen molar-refractivity contribution in [2.24, 2.45) is 0 Å². The first-order valence-electron chi connectivity index (χ1n) is 15.7. The Morgan fingerprint density at radius 3 is 2.37 bits per heavy atom. The minimum absolute atomic E-state index is 0.0336. The van der Waals surface area contributed by atoms with Gasteiger partial charge in [-0.3, -0.25) is 14.4 Å². The van der Waals surface area contributed by atoms with E-state index in [4.69, 9.17) is 19.0 Å². The number of hydrogen-bond donors (Lipinski definition) is 1. The number of anilines is 1. The van der Waals surface area contributed by atoms with Gasteiger partial charge in [0.25, 0.3) is 5.91 Å². The summed E-state index contributed by atoms with van der Waals surface area (Å²) < 4.78 is 15.8. The third kappa shape index (κ3) is 9.88. The van der Waals surface area contributed by atoms with Crippen LogP contribution in [0, 0.1) is 0 Å². The summed E-state index contributed by atoms with van der Waals surface area (Å²) in [6.07, 6.45) is 0.103. The quantitative estimate of drug-likeness (QED) is 0.362. The molecule has 0 radical (unpaired) electrons. The molecule has 2 fully saturated rings. The van der Waals surface area contributed by atoms with Gasteiger partial charge in [-0.2, -0.15) is 0 Å². The van der Waals surface area contributed by atoms with Crippen LogP contribution in [-0.2, 0) is 28.6 Å². The summed E-state index contributed by atoms with van der Waals surface area (Å²) in [5.41, 5.74) is 1.76. The molecule has 3 heterocycles. The van der Waals surface area contributed by atoms with Crippen molar-refractivity contribution in [3.05, 3.63) is 48.2 Å². The van der Waals surface area contributed by atoms with E-state index >= 15 is 0 Å². The summed E-state index contributed by atoms with van der Waals surface area (Å²) in [6.45, 7) is 9.64. The number of amides is 2. The number of ether oxygens (including phenoxy) is 3. The van der Waals surface area contributed by atoms with E-state index in [-0.39, 0.29) is 63.3 Å². The predicted molar refractivity (Wildman–Crippen MR) is 170 cm³/mol. The monoisotopic (exact) mass is 639 g/mol. The van der Waals surface area contributed by atoms with Gasteiger partial charge in [-0.15, -0.1) is 5.06 Å². The van der Waals surface area contributed by atoms with Crippen LogP contribution in [0.25, 0.3) is 11.3 Å². The highest BCUT2D eigenvalue weighted by molar-refractivity contribution is 5.97. The van der Waals surface area contributed by atoms with E-state index in [1.165, 1.54) is 5.06 Å². The number of pyridine rings is 1. The Hall–Kier alpha value is -4.23. The summed E-state index contributed by atoms with van der Waals surface area (Å²) in [5.74, 6) is -1.36. The number of nitrogens with zero attached hydrogens (tertiary/aromatic N) is 4. The first-order chi connectivity index (χ1) is 22.0. The Morgan fingerprint density at radius 1 is 1.02 bits per heavy atom. The number of aromatic nitrogens is 1. The zero-order chi connectivity index (χ0) is 33.3. The van der Waals surface area contributed by atoms with Gasteiger partial charge in [-0.25, -0.2) is 9.78 Å². The molecule has 2 aliphatic heterocycles. The standard InChI is InChI=1S/C33H45N5O8/c1-6-44-32(42)46-38-18-16-36(17-19-38)31(41)26(12-13-29(39)45-33(2,3)4)35-30(40)28-21-24(37-15-14-25(22-37)43-5)20-27(34-28)23-10-8-7-9-11-23/h7-11,20-21,25-26H,6,12-19,22H2,1-5H3,(H,35,40)/t25-,26-/m0/s1. The number of esters is 1. The zero-order valence-corrected chi connectivity index (χ0v) is 27.3. The van der Waals surface area contributed by atoms with Crippen LogP contribution >= 0.6 is 0 Å². The highest BCUT2D eigenvalue weighted by Crippen LogP contribution is 2.28. The molecule has 2 saturated heterocycles. The minimum Gasteiger partial charge on any atom is -0.460 e. The number of carbonyl (C=O) groups is 4. The lowest BCUT2D eigenvalue weighted by molar-refractivity contribution is -0.158. The number of nitrogens with one attached hydrogen (secondary N) is 1. The lowest BCUT2D eigenvalue weighted by Gasteiger charge is -2.35. The van der Waals surface area contributed by atoms with Gasteiger partial charge < -0.3 is 34.2 Å². The highest BCUT2D eigenvalue weighted by atomic mass is 16.8. The Morgan fingerprint density at radius 2 is 1.74 bits per heavy atom. The fraction of sp³-hybridized carbons (Fsp3) is 0.545. The molecule has 2 aliphatic rings. The Balaban J connectivity index is 1.54. The van der Waals surface area contributed by atoms with E-state index in [2.05, 4.69) is 15.2 Å². The van der Waals surface area contributed by atoms with Crippen molar-refractivity contribution in [3.63, 3.8) is 0 Å². The molecule has 0 spiro atoms. The third-order valence-electron chi connectivity index (χ3n) is 7.63. The van der Waals surface area contributed by atoms with Crippen LogP contribution in [0.4, 0.5) is 10.5 Å². The second-order valence-electron chi connectivity index (χ2n) is 12.2. The van der Waals surface area contributed by atoms with Gasteiger partial charge in [0, 0.05) is 51.0 Å². The van der Waals surface area contributed by atoms with E-state index in [0.29, 0.717) is 12.2 Å². The Labute approximate surface area is 270 Å². The largest absolute Gasteiger partial charge is 0.527 e. The lowest BCUT2D eigenvalue weighted by Crippen LogP contribution is -2.55. The molecule has 0 bridgehead atoms. The molecule has 0 unspecified atom stereocenters. The molecule has 2 atom stereocenters. The van der Waals surface area contributed by atoms with Crippen LogP contribution in [0.2, 0.25) is 0 Å². The van der Waals surface area contributed by atoms with Crippen LogP contribution in [0.1, 0.15) is 57.4 Å². The SMILES string of the molecule is CCOC(=O)ON1CCN(C(=O)[C@H](CCC(=O)OC(C)(C)C)NC(=O)c2cc(N3CC[C@H](OC)C3)cc(-c3ccccc3)n2)CC1. The summed E-state index contributed by atoms with van der Waals surface area (Å²) in [4.78, 5) is 65.5. The second-order valence-corrected chi connectivity index (χ2v) is 12.2. The van der Waals surface area contributed by atoms with Crippen molar-refractivity contribution in [1.29, 1.82) is 0 Å². The van der Waals surface area contributed by atoms with Gasteiger partial charge in [0.05, 0.1) is 31.5 Å². The molecule has 4 rings (SSSR count). The molecule has 2 aromatic rings. The first-order valence-corrected chi connectivity index (χ1v) is 15.7. The van der Waals surface area contributed by atoms with Gasteiger partial charge in [0.1, 0.15) is 17.3 Å². The fourth-order valence-electron chi connectivity index (χ4n) is 5.34. The average molecular weight is 640 g/mol. The molecular formula is C33H45N5O8. The van der Waals surface area contributed by atoms with Crippen molar-refractivity contribution >= 4 is 29.6 Å². The number of carbonyl (C=O) groups excluding carboxylic acids is 4. The molecule has 2 amide bonds. The van der Waals surface area contributed by atoms with Crippen molar-refractivity contribution in [2.45, 2.75) is 64.7 Å². The van der Waals surface area contributed by atoms with Crippen LogP contribution in [0.5, 0.6) is 0 Å². The van der Waals surface area contributed by atoms with Crippen molar-refractivity contribution in [3.8, 4) is 11.3 Å². The molecule has 13 nitrogen and oxygen atoms in total. The van der Waals surface area contributed by atoms with Crippen LogP contribution < -0.4 is 10.2 Å². The van der Waals surface area contributed by atoms with Crippen molar-refractivity contribution in [2.75, 3.05) is 57.9 Å². The first kappa shape index (κ1) is 34.6. The summed E-state index contributed by atoms with van der Waals surface area (Å²) in [5, 5.41) is 4.30. The van der Waals surface area contributed by atoms with Gasteiger partial charge in [-0.1, -0.05) is 30.3 Å². The second kappa shape index (κ2) is 15.9. The molecule has 46 heavy (non-hydrogen) atoms. The number of piperazine rings is 1. The van der Waals surface area contributed by atoms with Gasteiger partial charge in [0.2, 0.25) is 5.91 Å².